The molecule has 1 aliphatic heterocycles. The summed E-state index contributed by atoms with van der Waals surface area (Å²) in [5.74, 6) is 1.43. The SMILES string of the molecule is COc1cc(I)cc2c1OCC(C#N)=C2. The third kappa shape index (κ3) is 1.92. The van der Waals surface area contributed by atoms with Gasteiger partial charge in [-0.25, -0.2) is 0 Å². The third-order valence-electron chi connectivity index (χ3n) is 2.11. The maximum atomic E-state index is 8.78. The summed E-state index contributed by atoms with van der Waals surface area (Å²) in [5, 5.41) is 8.78. The molecule has 0 saturated heterocycles. The molecular formula is C11H8INO2. The first kappa shape index (κ1) is 10.3. The van der Waals surface area contributed by atoms with Gasteiger partial charge in [-0.2, -0.15) is 5.26 Å². The first-order valence-corrected chi connectivity index (χ1v) is 5.43. The van der Waals surface area contributed by atoms with Gasteiger partial charge in [0.2, 0.25) is 0 Å². The molecule has 15 heavy (non-hydrogen) atoms. The Labute approximate surface area is 101 Å². The first-order chi connectivity index (χ1) is 7.24. The Hall–Kier alpha value is -1.22. The highest BCUT2D eigenvalue weighted by molar-refractivity contribution is 14.1. The minimum Gasteiger partial charge on any atom is -0.493 e. The molecule has 0 aromatic heterocycles. The van der Waals surface area contributed by atoms with Gasteiger partial charge in [0.15, 0.2) is 11.5 Å². The van der Waals surface area contributed by atoms with Crippen LogP contribution in [0.2, 0.25) is 0 Å². The molecule has 4 heteroatoms. The lowest BCUT2D eigenvalue weighted by Crippen LogP contribution is -2.07. The van der Waals surface area contributed by atoms with Crippen LogP contribution in [0.4, 0.5) is 0 Å². The van der Waals surface area contributed by atoms with Crippen molar-refractivity contribution in [3.05, 3.63) is 26.8 Å². The van der Waals surface area contributed by atoms with E-state index in [0.717, 1.165) is 14.9 Å². The van der Waals surface area contributed by atoms with E-state index in [1.165, 1.54) is 0 Å². The molecule has 0 saturated carbocycles. The fraction of sp³-hybridized carbons (Fsp3) is 0.182. The van der Waals surface area contributed by atoms with Crippen molar-refractivity contribution in [3.8, 4) is 17.6 Å². The zero-order chi connectivity index (χ0) is 10.8. The van der Waals surface area contributed by atoms with E-state index in [4.69, 9.17) is 14.7 Å². The van der Waals surface area contributed by atoms with E-state index in [2.05, 4.69) is 28.7 Å². The maximum absolute atomic E-state index is 8.78. The van der Waals surface area contributed by atoms with E-state index in [9.17, 15) is 0 Å². The predicted molar refractivity (Wildman–Crippen MR) is 64.8 cm³/mol. The van der Waals surface area contributed by atoms with Gasteiger partial charge in [-0.15, -0.1) is 0 Å². The summed E-state index contributed by atoms with van der Waals surface area (Å²) < 4.78 is 11.8. The molecule has 0 aliphatic carbocycles. The average Bonchev–Trinajstić information content (AvgIpc) is 2.26. The fourth-order valence-electron chi connectivity index (χ4n) is 1.45. The van der Waals surface area contributed by atoms with E-state index in [-0.39, 0.29) is 0 Å². The molecule has 76 valence electrons. The summed E-state index contributed by atoms with van der Waals surface area (Å²) in [4.78, 5) is 0. The van der Waals surface area contributed by atoms with Crippen molar-refractivity contribution in [1.82, 2.24) is 0 Å². The quantitative estimate of drug-likeness (QED) is 0.749. The molecule has 0 radical (unpaired) electrons. The number of nitrogens with zero attached hydrogens (tertiary/aromatic N) is 1. The Morgan fingerprint density at radius 1 is 1.53 bits per heavy atom. The van der Waals surface area contributed by atoms with Gasteiger partial charge < -0.3 is 9.47 Å². The number of nitriles is 1. The molecular weight excluding hydrogens is 305 g/mol. The number of halogens is 1. The van der Waals surface area contributed by atoms with Crippen LogP contribution in [0.25, 0.3) is 6.08 Å². The second kappa shape index (κ2) is 4.11. The van der Waals surface area contributed by atoms with Crippen molar-refractivity contribution >= 4 is 28.7 Å². The minimum atomic E-state index is 0.320. The fourth-order valence-corrected chi connectivity index (χ4v) is 2.06. The number of benzene rings is 1. The molecule has 2 rings (SSSR count). The lowest BCUT2D eigenvalue weighted by molar-refractivity contribution is 0.318. The second-order valence-corrected chi connectivity index (χ2v) is 4.34. The minimum absolute atomic E-state index is 0.320. The Balaban J connectivity index is 2.58. The van der Waals surface area contributed by atoms with Crippen molar-refractivity contribution in [2.24, 2.45) is 0 Å². The highest BCUT2D eigenvalue weighted by Gasteiger charge is 2.16. The molecule has 3 nitrogen and oxygen atoms in total. The lowest BCUT2D eigenvalue weighted by atomic mass is 10.1. The standard InChI is InChI=1S/C11H8INO2/c1-14-10-4-9(12)3-8-2-7(5-13)6-15-11(8)10/h2-4H,6H2,1H3. The highest BCUT2D eigenvalue weighted by Crippen LogP contribution is 2.37. The molecule has 0 atom stereocenters. The Morgan fingerprint density at radius 2 is 2.33 bits per heavy atom. The molecule has 0 N–H and O–H groups in total. The van der Waals surface area contributed by atoms with Gasteiger partial charge in [-0.05, 0) is 40.8 Å². The molecule has 0 fully saturated rings. The molecule has 1 aromatic rings. The lowest BCUT2D eigenvalue weighted by Gasteiger charge is -2.17. The number of hydrogen-bond acceptors (Lipinski definition) is 3. The van der Waals surface area contributed by atoms with Crippen molar-refractivity contribution in [3.63, 3.8) is 0 Å². The molecule has 0 unspecified atom stereocenters. The number of fused-ring (bicyclic) bond motifs is 1. The Kier molecular flexibility index (Phi) is 2.82. The molecule has 1 aliphatic rings. The van der Waals surface area contributed by atoms with Crippen LogP contribution in [0.5, 0.6) is 11.5 Å². The number of methoxy groups -OCH3 is 1. The predicted octanol–water partition coefficient (Wildman–Crippen LogP) is 2.60. The molecule has 1 heterocycles. The molecule has 0 bridgehead atoms. The van der Waals surface area contributed by atoms with Gasteiger partial charge >= 0.3 is 0 Å². The monoisotopic (exact) mass is 313 g/mol. The van der Waals surface area contributed by atoms with Crippen LogP contribution in [0.1, 0.15) is 5.56 Å². The Bertz CT molecular complexity index is 474. The smallest absolute Gasteiger partial charge is 0.169 e. The largest absolute Gasteiger partial charge is 0.493 e. The topological polar surface area (TPSA) is 42.2 Å². The summed E-state index contributed by atoms with van der Waals surface area (Å²) in [6.07, 6.45) is 1.84. The zero-order valence-electron chi connectivity index (χ0n) is 8.08. The van der Waals surface area contributed by atoms with E-state index in [1.807, 2.05) is 18.2 Å². The van der Waals surface area contributed by atoms with Crippen molar-refractivity contribution in [2.45, 2.75) is 0 Å². The average molecular weight is 313 g/mol. The van der Waals surface area contributed by atoms with Gasteiger partial charge in [-0.3, -0.25) is 0 Å². The van der Waals surface area contributed by atoms with E-state index < -0.39 is 0 Å². The third-order valence-corrected chi connectivity index (χ3v) is 2.74. The van der Waals surface area contributed by atoms with Gasteiger partial charge in [-0.1, -0.05) is 0 Å². The van der Waals surface area contributed by atoms with Crippen molar-refractivity contribution in [2.75, 3.05) is 13.7 Å². The highest BCUT2D eigenvalue weighted by atomic mass is 127. The Morgan fingerprint density at radius 3 is 3.00 bits per heavy atom. The van der Waals surface area contributed by atoms with E-state index in [0.29, 0.717) is 17.9 Å². The van der Waals surface area contributed by atoms with Gasteiger partial charge in [0, 0.05) is 9.13 Å². The van der Waals surface area contributed by atoms with Crippen LogP contribution in [0.15, 0.2) is 17.7 Å². The second-order valence-electron chi connectivity index (χ2n) is 3.10. The summed E-state index contributed by atoms with van der Waals surface area (Å²) in [7, 11) is 1.61. The van der Waals surface area contributed by atoms with Gasteiger partial charge in [0.25, 0.3) is 0 Å². The van der Waals surface area contributed by atoms with Crippen LogP contribution in [0, 0.1) is 14.9 Å². The van der Waals surface area contributed by atoms with Crippen LogP contribution >= 0.6 is 22.6 Å². The van der Waals surface area contributed by atoms with E-state index in [1.54, 1.807) is 7.11 Å². The number of rotatable bonds is 1. The number of hydrogen-bond donors (Lipinski definition) is 0. The van der Waals surface area contributed by atoms with Crippen LogP contribution in [-0.4, -0.2) is 13.7 Å². The van der Waals surface area contributed by atoms with Crippen LogP contribution in [0.3, 0.4) is 0 Å². The molecule has 0 amide bonds. The van der Waals surface area contributed by atoms with Crippen LogP contribution < -0.4 is 9.47 Å². The molecule has 0 spiro atoms. The number of ether oxygens (including phenoxy) is 2. The summed E-state index contributed by atoms with van der Waals surface area (Å²) in [5.41, 5.74) is 1.54. The van der Waals surface area contributed by atoms with Gasteiger partial charge in [0.05, 0.1) is 18.8 Å². The first-order valence-electron chi connectivity index (χ1n) is 4.35. The van der Waals surface area contributed by atoms with Crippen LogP contribution in [-0.2, 0) is 0 Å². The van der Waals surface area contributed by atoms with Gasteiger partial charge in [0.1, 0.15) is 6.61 Å². The normalized spacial score (nSPS) is 13.3. The summed E-state index contributed by atoms with van der Waals surface area (Å²) in [6, 6.07) is 5.97. The maximum Gasteiger partial charge on any atom is 0.169 e. The summed E-state index contributed by atoms with van der Waals surface area (Å²) in [6.45, 7) is 0.320. The van der Waals surface area contributed by atoms with Crippen molar-refractivity contribution < 1.29 is 9.47 Å². The zero-order valence-corrected chi connectivity index (χ0v) is 10.2. The summed E-state index contributed by atoms with van der Waals surface area (Å²) >= 11 is 2.21. The van der Waals surface area contributed by atoms with Crippen molar-refractivity contribution in [1.29, 1.82) is 5.26 Å². The molecule has 1 aromatic carbocycles. The van der Waals surface area contributed by atoms with E-state index >= 15 is 0 Å².